The average molecular weight is 293 g/mol. The molecule has 1 aromatic heterocycles. The molecule has 0 spiro atoms. The number of nitrogens with zero attached hydrogens (tertiary/aromatic N) is 1. The van der Waals surface area contributed by atoms with Gasteiger partial charge in [-0.25, -0.2) is 4.98 Å². The summed E-state index contributed by atoms with van der Waals surface area (Å²) in [6.45, 7) is 11.4. The third-order valence-corrected chi connectivity index (χ3v) is 3.01. The van der Waals surface area contributed by atoms with Crippen LogP contribution in [-0.2, 0) is 10.2 Å². The first-order valence-corrected chi connectivity index (χ1v) is 7.34. The molecule has 0 aliphatic carbocycles. The van der Waals surface area contributed by atoms with Gasteiger partial charge < -0.3 is 15.4 Å². The Bertz CT molecular complexity index is 481. The van der Waals surface area contributed by atoms with E-state index in [-0.39, 0.29) is 17.4 Å². The number of pyridine rings is 1. The Kier molecular flexibility index (Phi) is 6.15. The first-order chi connectivity index (χ1) is 9.77. The molecule has 1 unspecified atom stereocenters. The Morgan fingerprint density at radius 1 is 1.38 bits per heavy atom. The van der Waals surface area contributed by atoms with Gasteiger partial charge in [-0.05, 0) is 26.0 Å². The highest BCUT2D eigenvalue weighted by molar-refractivity contribution is 5.95. The number of ether oxygens (including phenoxy) is 1. The van der Waals surface area contributed by atoms with Gasteiger partial charge in [0.2, 0.25) is 0 Å². The predicted molar refractivity (Wildman–Crippen MR) is 85.9 cm³/mol. The summed E-state index contributed by atoms with van der Waals surface area (Å²) < 4.78 is 5.04. The Labute approximate surface area is 127 Å². The summed E-state index contributed by atoms with van der Waals surface area (Å²) in [5.74, 6) is 0.626. The third-order valence-electron chi connectivity index (χ3n) is 3.01. The predicted octanol–water partition coefficient (Wildman–Crippen LogP) is 2.58. The molecule has 5 nitrogen and oxygen atoms in total. The van der Waals surface area contributed by atoms with Crippen LogP contribution in [0.3, 0.4) is 0 Å². The van der Waals surface area contributed by atoms with Gasteiger partial charge in [0.15, 0.2) is 0 Å². The summed E-state index contributed by atoms with van der Waals surface area (Å²) in [6.07, 6.45) is 0. The highest BCUT2D eigenvalue weighted by atomic mass is 16.5. The van der Waals surface area contributed by atoms with Crippen LogP contribution in [0.5, 0.6) is 0 Å². The maximum absolute atomic E-state index is 12.3. The van der Waals surface area contributed by atoms with E-state index in [4.69, 9.17) is 4.74 Å². The maximum atomic E-state index is 12.3. The number of amides is 1. The number of rotatable bonds is 6. The second-order valence-electron chi connectivity index (χ2n) is 6.24. The molecule has 118 valence electrons. The minimum Gasteiger partial charge on any atom is -0.383 e. The van der Waals surface area contributed by atoms with Crippen molar-refractivity contribution in [3.05, 3.63) is 23.4 Å². The summed E-state index contributed by atoms with van der Waals surface area (Å²) in [5.41, 5.74) is 1.40. The van der Waals surface area contributed by atoms with Gasteiger partial charge in [0.05, 0.1) is 6.61 Å². The second kappa shape index (κ2) is 7.41. The van der Waals surface area contributed by atoms with E-state index in [1.807, 2.05) is 19.9 Å². The topological polar surface area (TPSA) is 63.2 Å². The average Bonchev–Trinajstić information content (AvgIpc) is 2.38. The summed E-state index contributed by atoms with van der Waals surface area (Å²) in [7, 11) is 1.62. The van der Waals surface area contributed by atoms with Crippen molar-refractivity contribution >= 4 is 11.7 Å². The smallest absolute Gasteiger partial charge is 0.251 e. The van der Waals surface area contributed by atoms with E-state index in [0.29, 0.717) is 12.2 Å². The zero-order valence-electron chi connectivity index (χ0n) is 13.9. The molecule has 0 bridgehead atoms. The summed E-state index contributed by atoms with van der Waals surface area (Å²) in [4.78, 5) is 16.9. The minimum absolute atomic E-state index is 0.0312. The maximum Gasteiger partial charge on any atom is 0.251 e. The quantitative estimate of drug-likeness (QED) is 0.846. The second-order valence-corrected chi connectivity index (χ2v) is 6.24. The lowest BCUT2D eigenvalue weighted by atomic mass is 9.90. The number of nitrogens with one attached hydrogen (secondary N) is 2. The molecule has 1 atom stereocenters. The van der Waals surface area contributed by atoms with Gasteiger partial charge in [-0.1, -0.05) is 20.8 Å². The SMILES string of the molecule is CCNc1cc(C(=O)NC(C)COC)cc(C(C)(C)C)n1. The van der Waals surface area contributed by atoms with Crippen molar-refractivity contribution < 1.29 is 9.53 Å². The molecule has 1 rings (SSSR count). The van der Waals surface area contributed by atoms with Crippen LogP contribution in [0.2, 0.25) is 0 Å². The Hall–Kier alpha value is -1.62. The molecule has 0 aliphatic rings. The van der Waals surface area contributed by atoms with E-state index in [1.165, 1.54) is 0 Å². The van der Waals surface area contributed by atoms with Gasteiger partial charge in [0.25, 0.3) is 5.91 Å². The zero-order chi connectivity index (χ0) is 16.0. The van der Waals surface area contributed by atoms with Crippen molar-refractivity contribution in [1.29, 1.82) is 0 Å². The Morgan fingerprint density at radius 2 is 2.05 bits per heavy atom. The van der Waals surface area contributed by atoms with E-state index in [2.05, 4.69) is 36.4 Å². The van der Waals surface area contributed by atoms with Crippen molar-refractivity contribution in [1.82, 2.24) is 10.3 Å². The van der Waals surface area contributed by atoms with Crippen molar-refractivity contribution in [2.75, 3.05) is 25.6 Å². The Morgan fingerprint density at radius 3 is 2.57 bits per heavy atom. The molecule has 0 radical (unpaired) electrons. The highest BCUT2D eigenvalue weighted by Crippen LogP contribution is 2.23. The molecular weight excluding hydrogens is 266 g/mol. The van der Waals surface area contributed by atoms with Gasteiger partial charge >= 0.3 is 0 Å². The molecular formula is C16H27N3O2. The van der Waals surface area contributed by atoms with Crippen LogP contribution in [-0.4, -0.2) is 37.2 Å². The lowest BCUT2D eigenvalue weighted by molar-refractivity contribution is 0.0905. The summed E-state index contributed by atoms with van der Waals surface area (Å²) >= 11 is 0. The van der Waals surface area contributed by atoms with Gasteiger partial charge in [-0.15, -0.1) is 0 Å². The number of carbonyl (C=O) groups excluding carboxylic acids is 1. The summed E-state index contributed by atoms with van der Waals surface area (Å²) in [6, 6.07) is 3.61. The molecule has 0 fully saturated rings. The molecule has 0 saturated carbocycles. The number of hydrogen-bond acceptors (Lipinski definition) is 4. The van der Waals surface area contributed by atoms with Crippen molar-refractivity contribution in [2.24, 2.45) is 0 Å². The van der Waals surface area contributed by atoms with Gasteiger partial charge in [0, 0.05) is 36.4 Å². The molecule has 0 saturated heterocycles. The van der Waals surface area contributed by atoms with E-state index in [0.717, 1.165) is 18.1 Å². The van der Waals surface area contributed by atoms with Crippen molar-refractivity contribution in [3.63, 3.8) is 0 Å². The van der Waals surface area contributed by atoms with E-state index in [1.54, 1.807) is 13.2 Å². The van der Waals surface area contributed by atoms with E-state index >= 15 is 0 Å². The van der Waals surface area contributed by atoms with Crippen LogP contribution in [0.4, 0.5) is 5.82 Å². The first-order valence-electron chi connectivity index (χ1n) is 7.34. The number of methoxy groups -OCH3 is 1. The summed E-state index contributed by atoms with van der Waals surface area (Å²) in [5, 5.41) is 6.10. The lowest BCUT2D eigenvalue weighted by Gasteiger charge is -2.20. The number of anilines is 1. The van der Waals surface area contributed by atoms with Crippen LogP contribution < -0.4 is 10.6 Å². The molecule has 1 aromatic rings. The molecule has 21 heavy (non-hydrogen) atoms. The van der Waals surface area contributed by atoms with Crippen LogP contribution >= 0.6 is 0 Å². The van der Waals surface area contributed by atoms with Crippen LogP contribution in [0.25, 0.3) is 0 Å². The fourth-order valence-corrected chi connectivity index (χ4v) is 1.92. The van der Waals surface area contributed by atoms with Crippen LogP contribution in [0.15, 0.2) is 12.1 Å². The Balaban J connectivity index is 3.04. The van der Waals surface area contributed by atoms with Gasteiger partial charge in [-0.2, -0.15) is 0 Å². The minimum atomic E-state index is -0.112. The zero-order valence-corrected chi connectivity index (χ0v) is 13.9. The third kappa shape index (κ3) is 5.34. The molecule has 0 aromatic carbocycles. The monoisotopic (exact) mass is 293 g/mol. The number of aromatic nitrogens is 1. The molecule has 0 aliphatic heterocycles. The van der Waals surface area contributed by atoms with Crippen LogP contribution in [0, 0.1) is 0 Å². The van der Waals surface area contributed by atoms with Crippen molar-refractivity contribution in [3.8, 4) is 0 Å². The standard InChI is InChI=1S/C16H27N3O2/c1-7-17-14-9-12(8-13(19-14)16(3,4)5)15(20)18-11(2)10-21-6/h8-9,11H,7,10H2,1-6H3,(H,17,19)(H,18,20). The fraction of sp³-hybridized carbons (Fsp3) is 0.625. The molecule has 5 heteroatoms. The fourth-order valence-electron chi connectivity index (χ4n) is 1.92. The van der Waals surface area contributed by atoms with E-state index in [9.17, 15) is 4.79 Å². The first kappa shape index (κ1) is 17.4. The molecule has 2 N–H and O–H groups in total. The van der Waals surface area contributed by atoms with Crippen molar-refractivity contribution in [2.45, 2.75) is 46.1 Å². The van der Waals surface area contributed by atoms with Crippen LogP contribution in [0.1, 0.15) is 50.7 Å². The number of carbonyl (C=O) groups is 1. The normalized spacial score (nSPS) is 12.9. The lowest BCUT2D eigenvalue weighted by Crippen LogP contribution is -2.35. The highest BCUT2D eigenvalue weighted by Gasteiger charge is 2.19. The number of hydrogen-bond donors (Lipinski definition) is 2. The van der Waals surface area contributed by atoms with Gasteiger partial charge in [0.1, 0.15) is 5.82 Å². The largest absolute Gasteiger partial charge is 0.383 e. The van der Waals surface area contributed by atoms with Gasteiger partial charge in [-0.3, -0.25) is 4.79 Å². The molecule has 1 heterocycles. The molecule has 1 amide bonds. The van der Waals surface area contributed by atoms with E-state index < -0.39 is 0 Å².